The van der Waals surface area contributed by atoms with Crippen LogP contribution in [0.2, 0.25) is 5.02 Å². The largest absolute Gasteiger partial charge is 0.493 e. The van der Waals surface area contributed by atoms with Crippen molar-refractivity contribution in [3.63, 3.8) is 0 Å². The summed E-state index contributed by atoms with van der Waals surface area (Å²) < 4.78 is 29.2. The van der Waals surface area contributed by atoms with Gasteiger partial charge in [-0.2, -0.15) is 0 Å². The van der Waals surface area contributed by atoms with Crippen LogP contribution in [0.3, 0.4) is 0 Å². The highest BCUT2D eigenvalue weighted by Gasteiger charge is 2.32. The van der Waals surface area contributed by atoms with Crippen LogP contribution in [0, 0.1) is 11.7 Å². The lowest BCUT2D eigenvalue weighted by Crippen LogP contribution is -2.48. The van der Waals surface area contributed by atoms with Gasteiger partial charge in [-0.1, -0.05) is 29.8 Å². The Balaban J connectivity index is 1.69. The zero-order valence-electron chi connectivity index (χ0n) is 20.4. The minimum Gasteiger partial charge on any atom is -0.493 e. The number of carbonyl (C=O) groups excluding carboxylic acids is 1. The maximum atomic E-state index is 13.4. The number of piperidine rings is 1. The molecule has 2 aromatic carbocycles. The van der Waals surface area contributed by atoms with E-state index in [1.807, 2.05) is 19.2 Å². The van der Waals surface area contributed by atoms with E-state index in [9.17, 15) is 9.18 Å². The number of likely N-dealkylation sites (tertiary alicyclic amines) is 1. The summed E-state index contributed by atoms with van der Waals surface area (Å²) in [6, 6.07) is 10.4. The minimum absolute atomic E-state index is 0.0138. The van der Waals surface area contributed by atoms with E-state index in [-0.39, 0.29) is 24.4 Å². The van der Waals surface area contributed by atoms with Crippen molar-refractivity contribution in [2.75, 3.05) is 48.1 Å². The van der Waals surface area contributed by atoms with E-state index in [2.05, 4.69) is 4.90 Å². The Kier molecular flexibility index (Phi) is 9.56. The number of methoxy groups -OCH3 is 3. The first-order valence-corrected chi connectivity index (χ1v) is 11.9. The van der Waals surface area contributed by atoms with Crippen LogP contribution >= 0.6 is 11.6 Å². The third kappa shape index (κ3) is 6.40. The zero-order chi connectivity index (χ0) is 24.7. The van der Waals surface area contributed by atoms with Gasteiger partial charge >= 0.3 is 0 Å². The van der Waals surface area contributed by atoms with E-state index >= 15 is 0 Å². The molecule has 1 unspecified atom stereocenters. The van der Waals surface area contributed by atoms with Crippen molar-refractivity contribution in [2.24, 2.45) is 5.92 Å². The summed E-state index contributed by atoms with van der Waals surface area (Å²) >= 11 is 6.58. The maximum absolute atomic E-state index is 13.4. The van der Waals surface area contributed by atoms with Crippen LogP contribution in [0.25, 0.3) is 0 Å². The van der Waals surface area contributed by atoms with Crippen molar-refractivity contribution in [3.8, 4) is 11.5 Å². The monoisotopic (exact) mass is 492 g/mol. The molecule has 6 nitrogen and oxygen atoms in total. The number of benzene rings is 2. The van der Waals surface area contributed by atoms with Gasteiger partial charge in [-0.3, -0.25) is 9.69 Å². The highest BCUT2D eigenvalue weighted by molar-refractivity contribution is 6.33. The molecular weight excluding hydrogens is 459 g/mol. The van der Waals surface area contributed by atoms with E-state index in [0.29, 0.717) is 35.4 Å². The minimum atomic E-state index is -0.258. The first-order chi connectivity index (χ1) is 16.4. The standard InChI is InChI=1S/C26H34ClFN2O4/c1-29(24(31)17-32-2)22(15-18-5-8-21(28)9-6-18)19-11-13-30(14-12-19)16-20-7-10-23(33-3)26(34-4)25(20)27/h5-10,19,22H,11-17H2,1-4H3. The van der Waals surface area contributed by atoms with Crippen molar-refractivity contribution in [2.45, 2.75) is 31.8 Å². The second kappa shape index (κ2) is 12.4. The number of amides is 1. The zero-order valence-corrected chi connectivity index (χ0v) is 21.1. The van der Waals surface area contributed by atoms with Gasteiger partial charge in [0, 0.05) is 26.7 Å². The Labute approximate surface area is 206 Å². The SMILES string of the molecule is COCC(=O)N(C)C(Cc1ccc(F)cc1)C1CCN(Cc2ccc(OC)c(OC)c2Cl)CC1. The van der Waals surface area contributed by atoms with E-state index in [1.54, 1.807) is 31.3 Å². The van der Waals surface area contributed by atoms with Crippen LogP contribution < -0.4 is 9.47 Å². The summed E-state index contributed by atoms with van der Waals surface area (Å²) in [5.41, 5.74) is 2.01. The molecule has 1 amide bonds. The van der Waals surface area contributed by atoms with Gasteiger partial charge in [-0.15, -0.1) is 0 Å². The summed E-state index contributed by atoms with van der Waals surface area (Å²) in [5, 5.41) is 0.572. The summed E-state index contributed by atoms with van der Waals surface area (Å²) in [4.78, 5) is 16.8. The predicted molar refractivity (Wildman–Crippen MR) is 131 cm³/mol. The summed E-state index contributed by atoms with van der Waals surface area (Å²) in [7, 11) is 6.54. The Morgan fingerprint density at radius 1 is 1.12 bits per heavy atom. The lowest BCUT2D eigenvalue weighted by atomic mass is 9.84. The molecule has 1 fully saturated rings. The highest BCUT2D eigenvalue weighted by Crippen LogP contribution is 2.38. The molecule has 0 radical (unpaired) electrons. The van der Waals surface area contributed by atoms with Crippen LogP contribution in [0.15, 0.2) is 36.4 Å². The molecule has 3 rings (SSSR count). The number of nitrogens with zero attached hydrogens (tertiary/aromatic N) is 2. The molecule has 1 aliphatic heterocycles. The first kappa shape index (κ1) is 26.3. The molecule has 1 heterocycles. The number of hydrogen-bond donors (Lipinski definition) is 0. The molecule has 0 aliphatic carbocycles. The van der Waals surface area contributed by atoms with Crippen molar-refractivity contribution in [3.05, 3.63) is 58.4 Å². The number of halogens is 2. The van der Waals surface area contributed by atoms with Crippen LogP contribution in [0.1, 0.15) is 24.0 Å². The molecule has 34 heavy (non-hydrogen) atoms. The van der Waals surface area contributed by atoms with E-state index in [0.717, 1.165) is 37.1 Å². The van der Waals surface area contributed by atoms with Gasteiger partial charge in [-0.05, 0) is 67.6 Å². The number of carbonyl (C=O) groups is 1. The van der Waals surface area contributed by atoms with Gasteiger partial charge in [0.2, 0.25) is 5.91 Å². The molecule has 1 aliphatic rings. The second-order valence-electron chi connectivity index (χ2n) is 8.72. The molecule has 8 heteroatoms. The van der Waals surface area contributed by atoms with Crippen LogP contribution in [0.4, 0.5) is 4.39 Å². The molecule has 0 spiro atoms. The molecule has 0 saturated carbocycles. The fourth-order valence-electron chi connectivity index (χ4n) is 4.68. The smallest absolute Gasteiger partial charge is 0.248 e. The average Bonchev–Trinajstić information content (AvgIpc) is 2.85. The fraction of sp³-hybridized carbons (Fsp3) is 0.500. The molecule has 0 bridgehead atoms. The molecule has 2 aromatic rings. The molecular formula is C26H34ClFN2O4. The topological polar surface area (TPSA) is 51.2 Å². The molecule has 1 saturated heterocycles. The Bertz CT molecular complexity index is 949. The number of hydrogen-bond acceptors (Lipinski definition) is 5. The van der Waals surface area contributed by atoms with Crippen LogP contribution in [-0.4, -0.2) is 69.8 Å². The van der Waals surface area contributed by atoms with Gasteiger partial charge in [0.15, 0.2) is 11.5 Å². The third-order valence-corrected chi connectivity index (χ3v) is 7.07. The predicted octanol–water partition coefficient (Wildman–Crippen LogP) is 4.42. The summed E-state index contributed by atoms with van der Waals surface area (Å²) in [5.74, 6) is 1.19. The van der Waals surface area contributed by atoms with Crippen LogP contribution in [-0.2, 0) is 22.5 Å². The molecule has 0 aromatic heterocycles. The number of likely N-dealkylation sites (N-methyl/N-ethyl adjacent to an activating group) is 1. The highest BCUT2D eigenvalue weighted by atomic mass is 35.5. The van der Waals surface area contributed by atoms with Crippen molar-refractivity contribution >= 4 is 17.5 Å². The van der Waals surface area contributed by atoms with Gasteiger partial charge in [0.1, 0.15) is 12.4 Å². The van der Waals surface area contributed by atoms with Gasteiger partial charge < -0.3 is 19.1 Å². The normalized spacial score (nSPS) is 15.7. The Morgan fingerprint density at radius 2 is 1.79 bits per heavy atom. The van der Waals surface area contributed by atoms with Crippen LogP contribution in [0.5, 0.6) is 11.5 Å². The van der Waals surface area contributed by atoms with Gasteiger partial charge in [-0.25, -0.2) is 4.39 Å². The quantitative estimate of drug-likeness (QED) is 0.491. The number of ether oxygens (including phenoxy) is 3. The second-order valence-corrected chi connectivity index (χ2v) is 9.10. The fourth-order valence-corrected chi connectivity index (χ4v) is 4.97. The van der Waals surface area contributed by atoms with Crippen molar-refractivity contribution in [1.29, 1.82) is 0 Å². The summed E-state index contributed by atoms with van der Waals surface area (Å²) in [6.45, 7) is 2.54. The lowest BCUT2D eigenvalue weighted by molar-refractivity contribution is -0.137. The lowest BCUT2D eigenvalue weighted by Gasteiger charge is -2.40. The molecule has 1 atom stereocenters. The van der Waals surface area contributed by atoms with Crippen molar-refractivity contribution in [1.82, 2.24) is 9.80 Å². The molecule has 0 N–H and O–H groups in total. The maximum Gasteiger partial charge on any atom is 0.248 e. The third-order valence-electron chi connectivity index (χ3n) is 6.65. The molecule has 186 valence electrons. The van der Waals surface area contributed by atoms with E-state index in [1.165, 1.54) is 19.2 Å². The number of rotatable bonds is 10. The van der Waals surface area contributed by atoms with E-state index < -0.39 is 0 Å². The van der Waals surface area contributed by atoms with Gasteiger partial charge in [0.25, 0.3) is 0 Å². The van der Waals surface area contributed by atoms with Gasteiger partial charge in [0.05, 0.1) is 19.2 Å². The first-order valence-electron chi connectivity index (χ1n) is 11.5. The Hall–Kier alpha value is -2.35. The van der Waals surface area contributed by atoms with Crippen molar-refractivity contribution < 1.29 is 23.4 Å². The average molecular weight is 493 g/mol. The Morgan fingerprint density at radius 3 is 2.38 bits per heavy atom. The summed E-state index contributed by atoms with van der Waals surface area (Å²) in [6.07, 6.45) is 2.57. The van der Waals surface area contributed by atoms with E-state index in [4.69, 9.17) is 25.8 Å².